The Morgan fingerprint density at radius 2 is 2.29 bits per heavy atom. The largest absolute Gasteiger partial charge is 0.360 e. The van der Waals surface area contributed by atoms with E-state index >= 15 is 0 Å². The molecule has 1 aromatic heterocycles. The Hall–Kier alpha value is -1.16. The molecule has 0 aliphatic rings. The van der Waals surface area contributed by atoms with E-state index in [4.69, 9.17) is 5.73 Å². The molecule has 0 aliphatic carbocycles. The van der Waals surface area contributed by atoms with Gasteiger partial charge in [-0.2, -0.15) is 0 Å². The van der Waals surface area contributed by atoms with E-state index < -0.39 is 0 Å². The predicted molar refractivity (Wildman–Crippen MR) is 58.3 cm³/mol. The van der Waals surface area contributed by atoms with Crippen LogP contribution in [0.1, 0.15) is 19.2 Å². The van der Waals surface area contributed by atoms with Gasteiger partial charge in [-0.3, -0.25) is 0 Å². The second-order valence-electron chi connectivity index (χ2n) is 3.65. The minimum atomic E-state index is 0.236. The summed E-state index contributed by atoms with van der Waals surface area (Å²) in [7, 11) is 2.02. The molecule has 4 heteroatoms. The van der Waals surface area contributed by atoms with Gasteiger partial charge in [0.1, 0.15) is 11.6 Å². The lowest BCUT2D eigenvalue weighted by atomic mass is 10.2. The zero-order chi connectivity index (χ0) is 10.6. The Balaban J connectivity index is 2.56. The Bertz CT molecular complexity index is 285. The maximum atomic E-state index is 5.69. The number of aryl methyl sites for hydroxylation is 1. The molecule has 2 N–H and O–H groups in total. The summed E-state index contributed by atoms with van der Waals surface area (Å²) in [6.07, 6.45) is 2.75. The summed E-state index contributed by atoms with van der Waals surface area (Å²) in [6, 6.07) is 2.15. The van der Waals surface area contributed by atoms with Crippen molar-refractivity contribution in [2.45, 2.75) is 26.3 Å². The lowest BCUT2D eigenvalue weighted by molar-refractivity contribution is 0.655. The van der Waals surface area contributed by atoms with Gasteiger partial charge in [-0.1, -0.05) is 0 Å². The van der Waals surface area contributed by atoms with Gasteiger partial charge < -0.3 is 10.6 Å². The molecule has 0 aromatic carbocycles. The average molecular weight is 194 g/mol. The zero-order valence-electron chi connectivity index (χ0n) is 9.07. The number of hydrogen-bond acceptors (Lipinski definition) is 4. The number of nitrogens with two attached hydrogens (primary N) is 1. The molecule has 1 aromatic rings. The number of rotatable bonds is 4. The smallest absolute Gasteiger partial charge is 0.131 e. The Morgan fingerprint density at radius 3 is 2.86 bits per heavy atom. The first-order chi connectivity index (χ1) is 6.59. The van der Waals surface area contributed by atoms with Crippen molar-refractivity contribution in [1.82, 2.24) is 9.97 Å². The quantitative estimate of drug-likeness (QED) is 0.775. The van der Waals surface area contributed by atoms with Gasteiger partial charge in [-0.05, 0) is 26.3 Å². The van der Waals surface area contributed by atoms with E-state index in [0.717, 1.165) is 24.6 Å². The van der Waals surface area contributed by atoms with Crippen molar-refractivity contribution in [2.75, 3.05) is 18.5 Å². The molecule has 0 saturated carbocycles. The first-order valence-corrected chi connectivity index (χ1v) is 4.86. The monoisotopic (exact) mass is 194 g/mol. The van der Waals surface area contributed by atoms with E-state index in [1.54, 1.807) is 6.20 Å². The second-order valence-corrected chi connectivity index (χ2v) is 3.65. The highest BCUT2D eigenvalue weighted by atomic mass is 15.2. The van der Waals surface area contributed by atoms with Gasteiger partial charge in [-0.15, -0.1) is 0 Å². The Kier molecular flexibility index (Phi) is 3.83. The minimum Gasteiger partial charge on any atom is -0.360 e. The van der Waals surface area contributed by atoms with Crippen molar-refractivity contribution in [3.63, 3.8) is 0 Å². The van der Waals surface area contributed by atoms with Crippen LogP contribution in [0.25, 0.3) is 0 Å². The van der Waals surface area contributed by atoms with Crippen molar-refractivity contribution in [2.24, 2.45) is 5.73 Å². The molecule has 0 bridgehead atoms. The lowest BCUT2D eigenvalue weighted by Crippen LogP contribution is -2.26. The first kappa shape index (κ1) is 10.9. The molecule has 78 valence electrons. The van der Waals surface area contributed by atoms with E-state index in [-0.39, 0.29) is 6.04 Å². The number of hydrogen-bond donors (Lipinski definition) is 1. The van der Waals surface area contributed by atoms with Crippen molar-refractivity contribution >= 4 is 5.82 Å². The second kappa shape index (κ2) is 4.91. The fourth-order valence-corrected chi connectivity index (χ4v) is 1.17. The topological polar surface area (TPSA) is 55.0 Å². The molecule has 0 spiro atoms. The summed E-state index contributed by atoms with van der Waals surface area (Å²) >= 11 is 0. The van der Waals surface area contributed by atoms with Crippen LogP contribution in [0.5, 0.6) is 0 Å². The van der Waals surface area contributed by atoms with Crippen LogP contribution >= 0.6 is 0 Å². The molecular weight excluding hydrogens is 176 g/mol. The standard InChI is InChI=1S/C10H18N4/c1-8(11)5-7-14(3)10-4-6-12-9(2)13-10/h4,6,8H,5,7,11H2,1-3H3. The van der Waals surface area contributed by atoms with Gasteiger partial charge in [0.2, 0.25) is 0 Å². The molecular formula is C10H18N4. The van der Waals surface area contributed by atoms with Crippen LogP contribution in [-0.2, 0) is 0 Å². The van der Waals surface area contributed by atoms with Gasteiger partial charge in [-0.25, -0.2) is 9.97 Å². The van der Waals surface area contributed by atoms with Crippen LogP contribution in [0.4, 0.5) is 5.82 Å². The van der Waals surface area contributed by atoms with Crippen LogP contribution in [0.3, 0.4) is 0 Å². The molecule has 1 unspecified atom stereocenters. The molecule has 1 rings (SSSR count). The summed E-state index contributed by atoms with van der Waals surface area (Å²) in [5.74, 6) is 1.76. The van der Waals surface area contributed by atoms with Gasteiger partial charge in [0.05, 0.1) is 0 Å². The van der Waals surface area contributed by atoms with E-state index in [9.17, 15) is 0 Å². The van der Waals surface area contributed by atoms with Crippen LogP contribution in [0.2, 0.25) is 0 Å². The Morgan fingerprint density at radius 1 is 1.57 bits per heavy atom. The van der Waals surface area contributed by atoms with Crippen molar-refractivity contribution < 1.29 is 0 Å². The molecule has 1 atom stereocenters. The fourth-order valence-electron chi connectivity index (χ4n) is 1.17. The molecule has 0 aliphatic heterocycles. The Labute approximate surface area is 85.2 Å². The maximum Gasteiger partial charge on any atom is 0.131 e. The molecule has 0 amide bonds. The average Bonchev–Trinajstić information content (AvgIpc) is 2.14. The van der Waals surface area contributed by atoms with Crippen molar-refractivity contribution in [1.29, 1.82) is 0 Å². The molecule has 14 heavy (non-hydrogen) atoms. The molecule has 1 heterocycles. The summed E-state index contributed by atoms with van der Waals surface area (Å²) in [5.41, 5.74) is 5.69. The van der Waals surface area contributed by atoms with Gasteiger partial charge in [0, 0.05) is 25.8 Å². The predicted octanol–water partition coefficient (Wildman–Crippen LogP) is 0.959. The normalized spacial score (nSPS) is 12.6. The molecule has 0 fully saturated rings. The van der Waals surface area contributed by atoms with Crippen LogP contribution in [-0.4, -0.2) is 29.6 Å². The van der Waals surface area contributed by atoms with E-state index in [1.165, 1.54) is 0 Å². The fraction of sp³-hybridized carbons (Fsp3) is 0.600. The van der Waals surface area contributed by atoms with Crippen molar-refractivity contribution in [3.05, 3.63) is 18.1 Å². The van der Waals surface area contributed by atoms with Gasteiger partial charge in [0.25, 0.3) is 0 Å². The highest BCUT2D eigenvalue weighted by Gasteiger charge is 2.03. The van der Waals surface area contributed by atoms with E-state index in [2.05, 4.69) is 14.9 Å². The van der Waals surface area contributed by atoms with Crippen LogP contribution in [0.15, 0.2) is 12.3 Å². The highest BCUT2D eigenvalue weighted by Crippen LogP contribution is 2.07. The maximum absolute atomic E-state index is 5.69. The third kappa shape index (κ3) is 3.30. The lowest BCUT2D eigenvalue weighted by Gasteiger charge is -2.19. The number of aromatic nitrogens is 2. The molecule has 0 saturated heterocycles. The number of anilines is 1. The zero-order valence-corrected chi connectivity index (χ0v) is 9.07. The van der Waals surface area contributed by atoms with Gasteiger partial charge >= 0.3 is 0 Å². The summed E-state index contributed by atoms with van der Waals surface area (Å²) in [4.78, 5) is 10.5. The SMILES string of the molecule is Cc1nccc(N(C)CCC(C)N)n1. The molecule has 4 nitrogen and oxygen atoms in total. The van der Waals surface area contributed by atoms with Crippen molar-refractivity contribution in [3.8, 4) is 0 Å². The summed E-state index contributed by atoms with van der Waals surface area (Å²) in [6.45, 7) is 4.83. The summed E-state index contributed by atoms with van der Waals surface area (Å²) in [5, 5.41) is 0. The van der Waals surface area contributed by atoms with Crippen LogP contribution in [0, 0.1) is 6.92 Å². The highest BCUT2D eigenvalue weighted by molar-refractivity contribution is 5.35. The first-order valence-electron chi connectivity index (χ1n) is 4.86. The van der Waals surface area contributed by atoms with Crippen LogP contribution < -0.4 is 10.6 Å². The third-order valence-corrected chi connectivity index (χ3v) is 2.07. The minimum absolute atomic E-state index is 0.236. The summed E-state index contributed by atoms with van der Waals surface area (Å²) < 4.78 is 0. The van der Waals surface area contributed by atoms with E-state index in [1.807, 2.05) is 27.0 Å². The number of nitrogens with zero attached hydrogens (tertiary/aromatic N) is 3. The third-order valence-electron chi connectivity index (χ3n) is 2.07. The van der Waals surface area contributed by atoms with E-state index in [0.29, 0.717) is 0 Å². The van der Waals surface area contributed by atoms with Gasteiger partial charge in [0.15, 0.2) is 0 Å². The molecule has 0 radical (unpaired) electrons.